The van der Waals surface area contributed by atoms with Crippen LogP contribution in [0.25, 0.3) is 0 Å². The van der Waals surface area contributed by atoms with Crippen molar-refractivity contribution < 1.29 is 9.53 Å². The molecule has 2 rings (SSSR count). The van der Waals surface area contributed by atoms with E-state index < -0.39 is 0 Å². The number of carbonyl (C=O) groups excluding carboxylic acids is 1. The van der Waals surface area contributed by atoms with Gasteiger partial charge in [0, 0.05) is 20.1 Å². The van der Waals surface area contributed by atoms with Crippen LogP contribution >= 0.6 is 0 Å². The number of hydrogen-bond donors (Lipinski definition) is 1. The van der Waals surface area contributed by atoms with E-state index in [9.17, 15) is 4.79 Å². The van der Waals surface area contributed by atoms with Gasteiger partial charge < -0.3 is 15.0 Å². The number of esters is 1. The molecule has 8 heteroatoms. The molecule has 1 aliphatic rings. The number of guanidine groups is 1. The van der Waals surface area contributed by atoms with Crippen molar-refractivity contribution in [2.45, 2.75) is 33.4 Å². The minimum Gasteiger partial charge on any atom is -0.468 e. The molecule has 0 amide bonds. The molecule has 1 aromatic heterocycles. The second kappa shape index (κ2) is 7.94. The zero-order valence-corrected chi connectivity index (χ0v) is 14.3. The van der Waals surface area contributed by atoms with Crippen LogP contribution in [0.3, 0.4) is 0 Å². The van der Waals surface area contributed by atoms with Gasteiger partial charge in [-0.15, -0.1) is 5.10 Å². The van der Waals surface area contributed by atoms with Gasteiger partial charge in [0.25, 0.3) is 0 Å². The fourth-order valence-corrected chi connectivity index (χ4v) is 3.03. The molecular weight excluding hydrogens is 296 g/mol. The standard InChI is InChI=1S/C15H26N6O2/c1-11-5-12(2)8-20(7-11)15(16-3)17-6-13-9-21(19-18-13)10-14(22)23-4/h9,11-12H,5-8,10H2,1-4H3,(H,16,17). The molecule has 2 unspecified atom stereocenters. The normalized spacial score (nSPS) is 22.1. The molecule has 0 aliphatic carbocycles. The van der Waals surface area contributed by atoms with Crippen LogP contribution < -0.4 is 5.32 Å². The molecule has 1 saturated heterocycles. The number of hydrogen-bond acceptors (Lipinski definition) is 5. The van der Waals surface area contributed by atoms with E-state index in [1.54, 1.807) is 13.2 Å². The van der Waals surface area contributed by atoms with E-state index in [1.807, 2.05) is 0 Å². The molecule has 128 valence electrons. The van der Waals surface area contributed by atoms with Gasteiger partial charge in [0.1, 0.15) is 12.2 Å². The number of likely N-dealkylation sites (tertiary alicyclic amines) is 1. The van der Waals surface area contributed by atoms with Gasteiger partial charge in [-0.25, -0.2) is 4.68 Å². The highest BCUT2D eigenvalue weighted by atomic mass is 16.5. The lowest BCUT2D eigenvalue weighted by Crippen LogP contribution is -2.48. The van der Waals surface area contributed by atoms with Crippen molar-refractivity contribution in [3.8, 4) is 0 Å². The Morgan fingerprint density at radius 3 is 2.74 bits per heavy atom. The summed E-state index contributed by atoms with van der Waals surface area (Å²) in [6, 6.07) is 0. The summed E-state index contributed by atoms with van der Waals surface area (Å²) in [6.45, 7) is 7.16. The zero-order valence-electron chi connectivity index (χ0n) is 14.3. The lowest BCUT2D eigenvalue weighted by atomic mass is 9.92. The van der Waals surface area contributed by atoms with E-state index in [4.69, 9.17) is 0 Å². The van der Waals surface area contributed by atoms with Gasteiger partial charge in [-0.3, -0.25) is 9.79 Å². The fraction of sp³-hybridized carbons (Fsp3) is 0.733. The molecular formula is C15H26N6O2. The Bertz CT molecular complexity index is 546. The minimum absolute atomic E-state index is 0.0688. The highest BCUT2D eigenvalue weighted by Gasteiger charge is 2.24. The first-order valence-electron chi connectivity index (χ1n) is 7.93. The van der Waals surface area contributed by atoms with E-state index in [2.05, 4.69) is 44.1 Å². The molecule has 0 saturated carbocycles. The average Bonchev–Trinajstić information content (AvgIpc) is 2.94. The Kier molecular flexibility index (Phi) is 5.95. The van der Waals surface area contributed by atoms with Crippen molar-refractivity contribution in [3.05, 3.63) is 11.9 Å². The second-order valence-electron chi connectivity index (χ2n) is 6.24. The first-order valence-corrected chi connectivity index (χ1v) is 7.93. The summed E-state index contributed by atoms with van der Waals surface area (Å²) < 4.78 is 6.08. The third-order valence-electron chi connectivity index (χ3n) is 3.91. The Hall–Kier alpha value is -2.12. The first kappa shape index (κ1) is 17.2. The summed E-state index contributed by atoms with van der Waals surface area (Å²) in [7, 11) is 3.15. The summed E-state index contributed by atoms with van der Waals surface area (Å²) in [4.78, 5) is 17.9. The molecule has 1 aromatic rings. The molecule has 1 N–H and O–H groups in total. The van der Waals surface area contributed by atoms with Crippen LogP contribution in [0.5, 0.6) is 0 Å². The molecule has 0 bridgehead atoms. The number of ether oxygens (including phenoxy) is 1. The molecule has 1 fully saturated rings. The first-order chi connectivity index (χ1) is 11.0. The highest BCUT2D eigenvalue weighted by molar-refractivity contribution is 5.79. The number of aliphatic imine (C=N–C) groups is 1. The van der Waals surface area contributed by atoms with E-state index in [0.717, 1.165) is 24.7 Å². The summed E-state index contributed by atoms with van der Waals surface area (Å²) in [5.74, 6) is 1.86. The van der Waals surface area contributed by atoms with Gasteiger partial charge in [-0.05, 0) is 18.3 Å². The third kappa shape index (κ3) is 4.94. The monoisotopic (exact) mass is 322 g/mol. The van der Waals surface area contributed by atoms with E-state index >= 15 is 0 Å². The number of methoxy groups -OCH3 is 1. The van der Waals surface area contributed by atoms with Crippen molar-refractivity contribution in [3.63, 3.8) is 0 Å². The van der Waals surface area contributed by atoms with Crippen LogP contribution in [0.15, 0.2) is 11.2 Å². The molecule has 0 aromatic carbocycles. The summed E-state index contributed by atoms with van der Waals surface area (Å²) in [5.41, 5.74) is 0.758. The van der Waals surface area contributed by atoms with Crippen LogP contribution in [0.4, 0.5) is 0 Å². The van der Waals surface area contributed by atoms with Crippen molar-refractivity contribution in [2.24, 2.45) is 16.8 Å². The lowest BCUT2D eigenvalue weighted by Gasteiger charge is -2.37. The van der Waals surface area contributed by atoms with Crippen molar-refractivity contribution >= 4 is 11.9 Å². The Labute approximate surface area is 136 Å². The molecule has 0 radical (unpaired) electrons. The van der Waals surface area contributed by atoms with Crippen LogP contribution in [-0.4, -0.2) is 59.1 Å². The number of nitrogens with zero attached hydrogens (tertiary/aromatic N) is 5. The summed E-state index contributed by atoms with van der Waals surface area (Å²) >= 11 is 0. The SMILES string of the molecule is CN=C(NCc1cn(CC(=O)OC)nn1)N1CC(C)CC(C)C1. The maximum absolute atomic E-state index is 11.2. The Balaban J connectivity index is 1.89. The summed E-state index contributed by atoms with van der Waals surface area (Å²) in [6.07, 6.45) is 2.99. The van der Waals surface area contributed by atoms with Gasteiger partial charge in [-0.2, -0.15) is 0 Å². The number of piperidine rings is 1. The molecule has 0 spiro atoms. The second-order valence-corrected chi connectivity index (χ2v) is 6.24. The Morgan fingerprint density at radius 2 is 2.13 bits per heavy atom. The minimum atomic E-state index is -0.346. The van der Waals surface area contributed by atoms with Gasteiger partial charge in [0.15, 0.2) is 5.96 Å². The van der Waals surface area contributed by atoms with Crippen molar-refractivity contribution in [2.75, 3.05) is 27.2 Å². The largest absolute Gasteiger partial charge is 0.468 e. The average molecular weight is 322 g/mol. The number of rotatable bonds is 4. The molecule has 1 aliphatic heterocycles. The topological polar surface area (TPSA) is 84.6 Å². The molecule has 2 heterocycles. The van der Waals surface area contributed by atoms with Crippen LogP contribution in [-0.2, 0) is 22.6 Å². The molecule has 23 heavy (non-hydrogen) atoms. The fourth-order valence-electron chi connectivity index (χ4n) is 3.03. The van der Waals surface area contributed by atoms with Crippen molar-refractivity contribution in [1.82, 2.24) is 25.2 Å². The highest BCUT2D eigenvalue weighted by Crippen LogP contribution is 2.20. The van der Waals surface area contributed by atoms with E-state index in [0.29, 0.717) is 18.4 Å². The number of aromatic nitrogens is 3. The molecule has 2 atom stereocenters. The van der Waals surface area contributed by atoms with Crippen molar-refractivity contribution in [1.29, 1.82) is 0 Å². The quantitative estimate of drug-likeness (QED) is 0.494. The van der Waals surface area contributed by atoms with Gasteiger partial charge in [0.2, 0.25) is 0 Å². The van der Waals surface area contributed by atoms with Gasteiger partial charge >= 0.3 is 5.97 Å². The van der Waals surface area contributed by atoms with Gasteiger partial charge in [-0.1, -0.05) is 19.1 Å². The van der Waals surface area contributed by atoms with Crippen LogP contribution in [0.2, 0.25) is 0 Å². The number of nitrogens with one attached hydrogen (secondary N) is 1. The molecule has 8 nitrogen and oxygen atoms in total. The zero-order chi connectivity index (χ0) is 16.8. The maximum atomic E-state index is 11.2. The van der Waals surface area contributed by atoms with E-state index in [1.165, 1.54) is 18.2 Å². The smallest absolute Gasteiger partial charge is 0.327 e. The van der Waals surface area contributed by atoms with Crippen LogP contribution in [0, 0.1) is 11.8 Å². The van der Waals surface area contributed by atoms with Gasteiger partial charge in [0.05, 0.1) is 19.9 Å². The third-order valence-corrected chi connectivity index (χ3v) is 3.91. The lowest BCUT2D eigenvalue weighted by molar-refractivity contribution is -0.141. The maximum Gasteiger partial charge on any atom is 0.327 e. The van der Waals surface area contributed by atoms with Crippen LogP contribution in [0.1, 0.15) is 26.0 Å². The van der Waals surface area contributed by atoms with E-state index in [-0.39, 0.29) is 12.5 Å². The predicted octanol–water partition coefficient (Wildman–Crippen LogP) is 0.504. The summed E-state index contributed by atoms with van der Waals surface area (Å²) in [5, 5.41) is 11.3. The Morgan fingerprint density at radius 1 is 1.43 bits per heavy atom. The predicted molar refractivity (Wildman–Crippen MR) is 86.8 cm³/mol. The number of carbonyl (C=O) groups is 1.